The molecule has 0 bridgehead atoms. The fourth-order valence-corrected chi connectivity index (χ4v) is 2.62. The molecule has 0 atom stereocenters. The number of hydrogen-bond donors (Lipinski definition) is 2. The molecular weight excluding hydrogens is 354 g/mol. The Bertz CT molecular complexity index is 923. The quantitative estimate of drug-likeness (QED) is 0.569. The van der Waals surface area contributed by atoms with Crippen LogP contribution in [0.5, 0.6) is 11.5 Å². The number of nitrogens with one attached hydrogen (secondary N) is 2. The summed E-state index contributed by atoms with van der Waals surface area (Å²) in [4.78, 5) is 12.1. The molecule has 1 aromatic heterocycles. The second-order valence-electron chi connectivity index (χ2n) is 7.94. The van der Waals surface area contributed by atoms with E-state index in [1.807, 2.05) is 31.2 Å². The number of carbonyl (C=O) groups is 1. The standard InChI is InChI=1S/C22H25N3O3/c1-15-5-9-18(10-6-15)27-19-11-7-16(8-12-19)23-21(26)24-20-13-17(25-28-20)14-22(2,3)4/h5-13H,14H2,1-4H3,(H2,23,24,26). The lowest BCUT2D eigenvalue weighted by Gasteiger charge is -2.14. The molecule has 0 spiro atoms. The average Bonchev–Trinajstić information content (AvgIpc) is 3.03. The molecule has 0 aliphatic carbocycles. The molecule has 3 aromatic rings. The van der Waals surface area contributed by atoms with Crippen molar-refractivity contribution in [1.29, 1.82) is 0 Å². The highest BCUT2D eigenvalue weighted by atomic mass is 16.5. The number of ether oxygens (including phenoxy) is 1. The zero-order chi connectivity index (χ0) is 20.1. The van der Waals surface area contributed by atoms with Gasteiger partial charge in [-0.25, -0.2) is 4.79 Å². The van der Waals surface area contributed by atoms with Gasteiger partial charge in [0.05, 0.1) is 5.69 Å². The van der Waals surface area contributed by atoms with Crippen molar-refractivity contribution in [3.8, 4) is 11.5 Å². The van der Waals surface area contributed by atoms with E-state index in [0.29, 0.717) is 17.3 Å². The summed E-state index contributed by atoms with van der Waals surface area (Å²) in [7, 11) is 0. The summed E-state index contributed by atoms with van der Waals surface area (Å²) in [6.07, 6.45) is 0.766. The van der Waals surface area contributed by atoms with Crippen molar-refractivity contribution < 1.29 is 14.1 Å². The Morgan fingerprint density at radius 3 is 2.21 bits per heavy atom. The number of urea groups is 1. The van der Waals surface area contributed by atoms with E-state index in [-0.39, 0.29) is 5.41 Å². The second-order valence-corrected chi connectivity index (χ2v) is 7.94. The molecule has 2 N–H and O–H groups in total. The molecule has 6 heteroatoms. The second kappa shape index (κ2) is 8.17. The topological polar surface area (TPSA) is 76.4 Å². The predicted octanol–water partition coefficient (Wildman–Crippen LogP) is 6.01. The molecular formula is C22H25N3O3. The van der Waals surface area contributed by atoms with Gasteiger partial charge in [-0.2, -0.15) is 0 Å². The molecule has 0 aliphatic heterocycles. The Labute approximate surface area is 164 Å². The maximum atomic E-state index is 12.1. The van der Waals surface area contributed by atoms with E-state index in [2.05, 4.69) is 36.6 Å². The molecule has 3 rings (SSSR count). The van der Waals surface area contributed by atoms with Crippen LogP contribution in [0.4, 0.5) is 16.4 Å². The highest BCUT2D eigenvalue weighted by Crippen LogP contribution is 2.24. The van der Waals surface area contributed by atoms with Gasteiger partial charge in [-0.05, 0) is 55.2 Å². The SMILES string of the molecule is Cc1ccc(Oc2ccc(NC(=O)Nc3cc(CC(C)(C)C)no3)cc2)cc1. The highest BCUT2D eigenvalue weighted by molar-refractivity contribution is 5.98. The molecule has 2 aromatic carbocycles. The molecule has 1 heterocycles. The number of aromatic nitrogens is 1. The number of anilines is 2. The van der Waals surface area contributed by atoms with Gasteiger partial charge in [-0.3, -0.25) is 5.32 Å². The average molecular weight is 379 g/mol. The summed E-state index contributed by atoms with van der Waals surface area (Å²) in [5.74, 6) is 1.77. The van der Waals surface area contributed by atoms with E-state index in [9.17, 15) is 4.79 Å². The van der Waals surface area contributed by atoms with Crippen LogP contribution < -0.4 is 15.4 Å². The van der Waals surface area contributed by atoms with E-state index in [1.165, 1.54) is 5.56 Å². The first-order valence-corrected chi connectivity index (χ1v) is 9.15. The minimum atomic E-state index is -0.398. The van der Waals surface area contributed by atoms with Gasteiger partial charge in [0.25, 0.3) is 0 Å². The summed E-state index contributed by atoms with van der Waals surface area (Å²) >= 11 is 0. The van der Waals surface area contributed by atoms with Crippen molar-refractivity contribution in [2.45, 2.75) is 34.1 Å². The van der Waals surface area contributed by atoms with Crippen LogP contribution >= 0.6 is 0 Å². The molecule has 2 amide bonds. The third-order valence-corrected chi connectivity index (χ3v) is 3.88. The van der Waals surface area contributed by atoms with Crippen LogP contribution in [0.3, 0.4) is 0 Å². The minimum Gasteiger partial charge on any atom is -0.457 e. The van der Waals surface area contributed by atoms with Gasteiger partial charge >= 0.3 is 6.03 Å². The summed E-state index contributed by atoms with van der Waals surface area (Å²) in [6, 6.07) is 16.3. The first-order chi connectivity index (χ1) is 13.3. The lowest BCUT2D eigenvalue weighted by atomic mass is 9.91. The Morgan fingerprint density at radius 1 is 1.00 bits per heavy atom. The number of carbonyl (C=O) groups excluding carboxylic acids is 1. The number of aryl methyl sites for hydroxylation is 1. The van der Waals surface area contributed by atoms with Crippen molar-refractivity contribution in [1.82, 2.24) is 5.16 Å². The number of benzene rings is 2. The third kappa shape index (κ3) is 5.87. The Balaban J connectivity index is 1.53. The van der Waals surface area contributed by atoms with Gasteiger partial charge in [-0.1, -0.05) is 43.6 Å². The molecule has 146 valence electrons. The van der Waals surface area contributed by atoms with E-state index in [4.69, 9.17) is 9.26 Å². The van der Waals surface area contributed by atoms with E-state index >= 15 is 0 Å². The highest BCUT2D eigenvalue weighted by Gasteiger charge is 2.15. The molecule has 0 saturated heterocycles. The predicted molar refractivity (Wildman–Crippen MR) is 110 cm³/mol. The normalized spacial score (nSPS) is 11.1. The van der Waals surface area contributed by atoms with Gasteiger partial charge in [0.2, 0.25) is 5.88 Å². The number of amides is 2. The Hall–Kier alpha value is -3.28. The number of nitrogens with zero attached hydrogens (tertiary/aromatic N) is 1. The van der Waals surface area contributed by atoms with Crippen LogP contribution in [0.1, 0.15) is 32.0 Å². The maximum absolute atomic E-state index is 12.1. The lowest BCUT2D eigenvalue weighted by Crippen LogP contribution is -2.19. The third-order valence-electron chi connectivity index (χ3n) is 3.88. The minimum absolute atomic E-state index is 0.0960. The monoisotopic (exact) mass is 379 g/mol. The van der Waals surface area contributed by atoms with E-state index < -0.39 is 6.03 Å². The first kappa shape index (κ1) is 19.5. The van der Waals surface area contributed by atoms with Gasteiger partial charge in [0, 0.05) is 11.8 Å². The maximum Gasteiger partial charge on any atom is 0.326 e. The van der Waals surface area contributed by atoms with Crippen molar-refractivity contribution in [3.63, 3.8) is 0 Å². The zero-order valence-corrected chi connectivity index (χ0v) is 16.6. The molecule has 0 unspecified atom stereocenters. The van der Waals surface area contributed by atoms with Crippen molar-refractivity contribution in [3.05, 3.63) is 65.9 Å². The van der Waals surface area contributed by atoms with Crippen LogP contribution in [0.2, 0.25) is 0 Å². The van der Waals surface area contributed by atoms with Crippen LogP contribution in [-0.4, -0.2) is 11.2 Å². The number of hydrogen-bond acceptors (Lipinski definition) is 4. The Kier molecular flexibility index (Phi) is 5.68. The molecule has 0 aliphatic rings. The largest absolute Gasteiger partial charge is 0.457 e. The molecule has 0 radical (unpaired) electrons. The van der Waals surface area contributed by atoms with Crippen LogP contribution in [-0.2, 0) is 6.42 Å². The molecule has 0 saturated carbocycles. The van der Waals surface area contributed by atoms with Gasteiger partial charge in [0.15, 0.2) is 0 Å². The van der Waals surface area contributed by atoms with E-state index in [0.717, 1.165) is 17.9 Å². The smallest absolute Gasteiger partial charge is 0.326 e. The summed E-state index contributed by atoms with van der Waals surface area (Å²) in [6.45, 7) is 8.38. The lowest BCUT2D eigenvalue weighted by molar-refractivity contribution is 0.261. The molecule has 28 heavy (non-hydrogen) atoms. The van der Waals surface area contributed by atoms with E-state index in [1.54, 1.807) is 30.3 Å². The van der Waals surface area contributed by atoms with Gasteiger partial charge in [0.1, 0.15) is 11.5 Å². The number of rotatable bonds is 5. The van der Waals surface area contributed by atoms with Crippen LogP contribution in [0.15, 0.2) is 59.1 Å². The first-order valence-electron chi connectivity index (χ1n) is 9.15. The fraction of sp³-hybridized carbons (Fsp3) is 0.273. The zero-order valence-electron chi connectivity index (χ0n) is 16.6. The van der Waals surface area contributed by atoms with Crippen molar-refractivity contribution in [2.75, 3.05) is 10.6 Å². The fourth-order valence-electron chi connectivity index (χ4n) is 2.62. The molecule has 6 nitrogen and oxygen atoms in total. The molecule has 0 fully saturated rings. The van der Waals surface area contributed by atoms with Gasteiger partial charge < -0.3 is 14.6 Å². The van der Waals surface area contributed by atoms with Crippen molar-refractivity contribution in [2.24, 2.45) is 5.41 Å². The van der Waals surface area contributed by atoms with Crippen LogP contribution in [0, 0.1) is 12.3 Å². The summed E-state index contributed by atoms with van der Waals surface area (Å²) in [5, 5.41) is 9.38. The summed E-state index contributed by atoms with van der Waals surface area (Å²) in [5.41, 5.74) is 2.72. The Morgan fingerprint density at radius 2 is 1.61 bits per heavy atom. The van der Waals surface area contributed by atoms with Gasteiger partial charge in [-0.15, -0.1) is 0 Å². The van der Waals surface area contributed by atoms with Crippen molar-refractivity contribution >= 4 is 17.6 Å². The summed E-state index contributed by atoms with van der Waals surface area (Å²) < 4.78 is 11.0. The van der Waals surface area contributed by atoms with Crippen LogP contribution in [0.25, 0.3) is 0 Å².